The number of benzene rings is 1. The van der Waals surface area contributed by atoms with Crippen LogP contribution in [0.5, 0.6) is 0 Å². The summed E-state index contributed by atoms with van der Waals surface area (Å²) in [7, 11) is 0. The Morgan fingerprint density at radius 2 is 1.92 bits per heavy atom. The van der Waals surface area contributed by atoms with Crippen molar-refractivity contribution in [2.24, 2.45) is 0 Å². The fourth-order valence-electron chi connectivity index (χ4n) is 2.37. The predicted octanol–water partition coefficient (Wildman–Crippen LogP) is 2.07. The number of hydrogen-bond acceptors (Lipinski definition) is 6. The number of carboxylic acid groups (broad SMARTS) is 1. The lowest BCUT2D eigenvalue weighted by atomic mass is 10.2. The Hall–Kier alpha value is -3.55. The van der Waals surface area contributed by atoms with E-state index in [0.29, 0.717) is 28.8 Å². The lowest BCUT2D eigenvalue weighted by Crippen LogP contribution is -2.04. The molecule has 4 rings (SSSR count). The predicted molar refractivity (Wildman–Crippen MR) is 83.1 cm³/mol. The Labute approximate surface area is 135 Å². The Balaban J connectivity index is 1.74. The summed E-state index contributed by atoms with van der Waals surface area (Å²) < 4.78 is 6.93. The topological polar surface area (TPSA) is 106 Å². The molecule has 3 heterocycles. The lowest BCUT2D eigenvalue weighted by Gasteiger charge is -1.99. The smallest absolute Gasteiger partial charge is 0.311 e. The minimum absolute atomic E-state index is 0.219. The standard InChI is InChI=1S/C16H11N5O3/c22-14(23)8-13-19-18-12-7-6-11(9-21(12)13)16-17-15(20-24-16)10-4-2-1-3-5-10/h1-7,9H,8H2,(H,22,23). The van der Waals surface area contributed by atoms with E-state index < -0.39 is 5.97 Å². The van der Waals surface area contributed by atoms with Crippen molar-refractivity contribution >= 4 is 11.6 Å². The zero-order valence-electron chi connectivity index (χ0n) is 12.3. The van der Waals surface area contributed by atoms with Gasteiger partial charge in [-0.1, -0.05) is 35.5 Å². The Morgan fingerprint density at radius 3 is 2.71 bits per heavy atom. The second-order valence-electron chi connectivity index (χ2n) is 5.12. The van der Waals surface area contributed by atoms with Crippen LogP contribution in [0.2, 0.25) is 0 Å². The van der Waals surface area contributed by atoms with Gasteiger partial charge in [0.2, 0.25) is 5.82 Å². The molecule has 0 atom stereocenters. The first-order chi connectivity index (χ1) is 11.7. The molecule has 0 aliphatic rings. The van der Waals surface area contributed by atoms with E-state index in [-0.39, 0.29) is 6.42 Å². The minimum Gasteiger partial charge on any atom is -0.481 e. The molecule has 0 radical (unpaired) electrons. The number of fused-ring (bicyclic) bond motifs is 1. The van der Waals surface area contributed by atoms with Gasteiger partial charge in [0.1, 0.15) is 12.2 Å². The molecule has 0 aliphatic heterocycles. The Kier molecular flexibility index (Phi) is 3.27. The van der Waals surface area contributed by atoms with Gasteiger partial charge in [-0.3, -0.25) is 9.20 Å². The number of carboxylic acids is 1. The average Bonchev–Trinajstić information content (AvgIpc) is 3.23. The summed E-state index contributed by atoms with van der Waals surface area (Å²) in [5, 5.41) is 20.7. The first kappa shape index (κ1) is 14.1. The molecular weight excluding hydrogens is 310 g/mol. The summed E-state index contributed by atoms with van der Waals surface area (Å²) in [5.41, 5.74) is 2.06. The van der Waals surface area contributed by atoms with Crippen molar-refractivity contribution in [3.8, 4) is 22.8 Å². The fourth-order valence-corrected chi connectivity index (χ4v) is 2.37. The average molecular weight is 321 g/mol. The SMILES string of the molecule is O=C(O)Cc1nnc2ccc(-c3nc(-c4ccccc4)no3)cn12. The zero-order valence-corrected chi connectivity index (χ0v) is 12.3. The van der Waals surface area contributed by atoms with Gasteiger partial charge < -0.3 is 9.63 Å². The molecule has 8 nitrogen and oxygen atoms in total. The second kappa shape index (κ2) is 5.58. The maximum atomic E-state index is 10.9. The summed E-state index contributed by atoms with van der Waals surface area (Å²) in [4.78, 5) is 15.3. The first-order valence-corrected chi connectivity index (χ1v) is 7.16. The third-order valence-electron chi connectivity index (χ3n) is 3.49. The van der Waals surface area contributed by atoms with E-state index in [1.54, 1.807) is 22.7 Å². The number of rotatable bonds is 4. The maximum Gasteiger partial charge on any atom is 0.311 e. The van der Waals surface area contributed by atoms with Crippen molar-refractivity contribution < 1.29 is 14.4 Å². The largest absolute Gasteiger partial charge is 0.481 e. The zero-order chi connectivity index (χ0) is 16.5. The van der Waals surface area contributed by atoms with Gasteiger partial charge in [-0.05, 0) is 12.1 Å². The number of nitrogens with zero attached hydrogens (tertiary/aromatic N) is 5. The van der Waals surface area contributed by atoms with Crippen LogP contribution in [0.15, 0.2) is 53.2 Å². The van der Waals surface area contributed by atoms with Gasteiger partial charge in [-0.25, -0.2) is 0 Å². The Morgan fingerprint density at radius 1 is 1.08 bits per heavy atom. The number of aliphatic carboxylic acids is 1. The maximum absolute atomic E-state index is 10.9. The van der Waals surface area contributed by atoms with Gasteiger partial charge in [0.25, 0.3) is 5.89 Å². The van der Waals surface area contributed by atoms with Gasteiger partial charge in [0, 0.05) is 11.8 Å². The summed E-state index contributed by atoms with van der Waals surface area (Å²) in [6.07, 6.45) is 1.47. The van der Waals surface area contributed by atoms with E-state index in [4.69, 9.17) is 9.63 Å². The molecule has 0 spiro atoms. The molecule has 0 saturated carbocycles. The van der Waals surface area contributed by atoms with E-state index in [2.05, 4.69) is 20.3 Å². The summed E-state index contributed by atoms with van der Waals surface area (Å²) in [5.74, 6) is 0.187. The van der Waals surface area contributed by atoms with Crippen LogP contribution in [-0.4, -0.2) is 35.8 Å². The molecule has 8 heteroatoms. The normalized spacial score (nSPS) is 11.0. The number of carbonyl (C=O) groups is 1. The molecular formula is C16H11N5O3. The van der Waals surface area contributed by atoms with Crippen molar-refractivity contribution in [1.29, 1.82) is 0 Å². The molecule has 4 aromatic rings. The van der Waals surface area contributed by atoms with Crippen molar-refractivity contribution in [2.75, 3.05) is 0 Å². The molecule has 1 aromatic carbocycles. The fraction of sp³-hybridized carbons (Fsp3) is 0.0625. The third kappa shape index (κ3) is 2.50. The summed E-state index contributed by atoms with van der Waals surface area (Å²) in [6, 6.07) is 13.0. The minimum atomic E-state index is -0.973. The molecule has 1 N–H and O–H groups in total. The highest BCUT2D eigenvalue weighted by molar-refractivity contribution is 5.69. The molecule has 0 aliphatic carbocycles. The van der Waals surface area contributed by atoms with Gasteiger partial charge in [0.15, 0.2) is 5.65 Å². The third-order valence-corrected chi connectivity index (χ3v) is 3.49. The van der Waals surface area contributed by atoms with Crippen LogP contribution in [0.3, 0.4) is 0 Å². The van der Waals surface area contributed by atoms with E-state index in [9.17, 15) is 4.79 Å². The molecule has 0 amide bonds. The molecule has 0 fully saturated rings. The number of hydrogen-bond donors (Lipinski definition) is 1. The van der Waals surface area contributed by atoms with Gasteiger partial charge >= 0.3 is 5.97 Å². The van der Waals surface area contributed by atoms with E-state index >= 15 is 0 Å². The van der Waals surface area contributed by atoms with Crippen molar-refractivity contribution in [3.05, 3.63) is 54.5 Å². The highest BCUT2D eigenvalue weighted by atomic mass is 16.5. The van der Waals surface area contributed by atoms with Gasteiger partial charge in [-0.15, -0.1) is 10.2 Å². The quantitative estimate of drug-likeness (QED) is 0.613. The lowest BCUT2D eigenvalue weighted by molar-refractivity contribution is -0.136. The molecule has 0 bridgehead atoms. The van der Waals surface area contributed by atoms with Crippen LogP contribution < -0.4 is 0 Å². The van der Waals surface area contributed by atoms with Crippen LogP contribution in [0.4, 0.5) is 0 Å². The molecule has 24 heavy (non-hydrogen) atoms. The van der Waals surface area contributed by atoms with E-state index in [0.717, 1.165) is 5.56 Å². The van der Waals surface area contributed by atoms with Crippen LogP contribution >= 0.6 is 0 Å². The molecule has 118 valence electrons. The van der Waals surface area contributed by atoms with Crippen LogP contribution in [-0.2, 0) is 11.2 Å². The van der Waals surface area contributed by atoms with Crippen molar-refractivity contribution in [2.45, 2.75) is 6.42 Å². The van der Waals surface area contributed by atoms with E-state index in [1.165, 1.54) is 0 Å². The number of pyridine rings is 1. The monoisotopic (exact) mass is 321 g/mol. The molecule has 0 unspecified atom stereocenters. The Bertz CT molecular complexity index is 1020. The van der Waals surface area contributed by atoms with Crippen LogP contribution in [0, 0.1) is 0 Å². The van der Waals surface area contributed by atoms with Crippen molar-refractivity contribution in [1.82, 2.24) is 24.7 Å². The molecule has 0 saturated heterocycles. The van der Waals surface area contributed by atoms with Crippen LogP contribution in [0.1, 0.15) is 5.82 Å². The van der Waals surface area contributed by atoms with Crippen molar-refractivity contribution in [3.63, 3.8) is 0 Å². The summed E-state index contributed by atoms with van der Waals surface area (Å²) >= 11 is 0. The van der Waals surface area contributed by atoms with Gasteiger partial charge in [0.05, 0.1) is 5.56 Å². The summed E-state index contributed by atoms with van der Waals surface area (Å²) in [6.45, 7) is 0. The van der Waals surface area contributed by atoms with E-state index in [1.807, 2.05) is 30.3 Å². The number of aromatic nitrogens is 5. The second-order valence-corrected chi connectivity index (χ2v) is 5.12. The highest BCUT2D eigenvalue weighted by Crippen LogP contribution is 2.22. The molecule has 3 aromatic heterocycles. The van der Waals surface area contributed by atoms with Gasteiger partial charge in [-0.2, -0.15) is 4.98 Å². The highest BCUT2D eigenvalue weighted by Gasteiger charge is 2.14. The van der Waals surface area contributed by atoms with Crippen LogP contribution in [0.25, 0.3) is 28.5 Å². The first-order valence-electron chi connectivity index (χ1n) is 7.16.